The van der Waals surface area contributed by atoms with E-state index in [0.717, 1.165) is 12.8 Å². The van der Waals surface area contributed by atoms with Crippen LogP contribution in [0.3, 0.4) is 0 Å². The van der Waals surface area contributed by atoms with Crippen molar-refractivity contribution in [3.8, 4) is 22.9 Å². The molecule has 1 aliphatic carbocycles. The van der Waals surface area contributed by atoms with Crippen molar-refractivity contribution in [2.75, 3.05) is 31.8 Å². The Morgan fingerprint density at radius 2 is 1.93 bits per heavy atom. The molecule has 230 valence electrons. The summed E-state index contributed by atoms with van der Waals surface area (Å²) in [5, 5.41) is 30.3. The van der Waals surface area contributed by atoms with E-state index in [1.165, 1.54) is 36.0 Å². The van der Waals surface area contributed by atoms with Gasteiger partial charge in [0.1, 0.15) is 17.5 Å². The molecule has 3 heterocycles. The Hall–Kier alpha value is -5.55. The number of halogens is 1. The first-order chi connectivity index (χ1) is 21.6. The Morgan fingerprint density at radius 1 is 1.16 bits per heavy atom. The minimum absolute atomic E-state index is 0.00340. The van der Waals surface area contributed by atoms with Gasteiger partial charge in [-0.25, -0.2) is 0 Å². The zero-order chi connectivity index (χ0) is 32.2. The fraction of sp³-hybridized carbons (Fsp3) is 0.267. The van der Waals surface area contributed by atoms with Crippen molar-refractivity contribution in [2.45, 2.75) is 19.4 Å². The number of nitrogens with one attached hydrogen (secondary N) is 3. The lowest BCUT2D eigenvalue weighted by Crippen LogP contribution is -2.27. The van der Waals surface area contributed by atoms with Crippen molar-refractivity contribution in [1.82, 2.24) is 35.2 Å². The Bertz CT molecular complexity index is 1830. The molecule has 5 rings (SSSR count). The van der Waals surface area contributed by atoms with Gasteiger partial charge in [0, 0.05) is 50.5 Å². The lowest BCUT2D eigenvalue weighted by Gasteiger charge is -2.18. The van der Waals surface area contributed by atoms with Crippen LogP contribution in [0.4, 0.5) is 17.2 Å². The molecule has 1 aliphatic rings. The summed E-state index contributed by atoms with van der Waals surface area (Å²) in [4.78, 5) is 43.8. The summed E-state index contributed by atoms with van der Waals surface area (Å²) in [5.74, 6) is -0.489. The number of aromatic nitrogens is 5. The SMILES string of the molecule is CNC(=O)c1nnc(NC(=O)C2CC2)cc1Nc1ccc(Cl)c(-c2ccc(C(=O)N(C)Cc3cc(C#N)n(C)n3)nc2)c1OC. The van der Waals surface area contributed by atoms with Gasteiger partial charge in [0.05, 0.1) is 35.7 Å². The minimum atomic E-state index is -0.485. The highest BCUT2D eigenvalue weighted by molar-refractivity contribution is 6.34. The molecule has 0 radical (unpaired) electrons. The number of anilines is 3. The molecular formula is C30H29ClN10O4. The number of rotatable bonds is 10. The molecule has 3 N–H and O–H groups in total. The smallest absolute Gasteiger partial charge is 0.273 e. The normalized spacial score (nSPS) is 12.2. The summed E-state index contributed by atoms with van der Waals surface area (Å²) in [6.45, 7) is 0.193. The third-order valence-electron chi connectivity index (χ3n) is 7.08. The van der Waals surface area contributed by atoms with Gasteiger partial charge in [-0.1, -0.05) is 17.7 Å². The monoisotopic (exact) mass is 628 g/mol. The van der Waals surface area contributed by atoms with E-state index in [1.54, 1.807) is 44.4 Å². The van der Waals surface area contributed by atoms with Crippen molar-refractivity contribution in [2.24, 2.45) is 13.0 Å². The van der Waals surface area contributed by atoms with Gasteiger partial charge < -0.3 is 25.6 Å². The van der Waals surface area contributed by atoms with Gasteiger partial charge in [0.15, 0.2) is 17.3 Å². The molecular weight excluding hydrogens is 600 g/mol. The van der Waals surface area contributed by atoms with Crippen molar-refractivity contribution < 1.29 is 19.1 Å². The predicted molar refractivity (Wildman–Crippen MR) is 165 cm³/mol. The Morgan fingerprint density at radius 3 is 2.56 bits per heavy atom. The molecule has 1 fully saturated rings. The highest BCUT2D eigenvalue weighted by atomic mass is 35.5. The number of amides is 3. The Kier molecular flexibility index (Phi) is 8.91. The second kappa shape index (κ2) is 13.0. The van der Waals surface area contributed by atoms with Crippen LogP contribution in [0.2, 0.25) is 5.02 Å². The van der Waals surface area contributed by atoms with Gasteiger partial charge in [0.25, 0.3) is 11.8 Å². The van der Waals surface area contributed by atoms with Gasteiger partial charge >= 0.3 is 0 Å². The molecule has 14 nitrogen and oxygen atoms in total. The second-order valence-corrected chi connectivity index (χ2v) is 10.7. The van der Waals surface area contributed by atoms with Crippen molar-refractivity contribution in [1.29, 1.82) is 5.26 Å². The van der Waals surface area contributed by atoms with Gasteiger partial charge in [0.2, 0.25) is 5.91 Å². The molecule has 3 amide bonds. The van der Waals surface area contributed by atoms with Crippen molar-refractivity contribution >= 4 is 46.5 Å². The third-order valence-corrected chi connectivity index (χ3v) is 7.39. The molecule has 0 aliphatic heterocycles. The van der Waals surface area contributed by atoms with Crippen LogP contribution < -0.4 is 20.7 Å². The number of benzene rings is 1. The molecule has 1 aromatic carbocycles. The summed E-state index contributed by atoms with van der Waals surface area (Å²) in [6.07, 6.45) is 3.15. The highest BCUT2D eigenvalue weighted by Gasteiger charge is 2.30. The van der Waals surface area contributed by atoms with Crippen LogP contribution in [0, 0.1) is 17.2 Å². The van der Waals surface area contributed by atoms with E-state index >= 15 is 0 Å². The zero-order valence-electron chi connectivity index (χ0n) is 24.9. The molecule has 0 spiro atoms. The number of hydrogen-bond donors (Lipinski definition) is 3. The molecule has 1 saturated carbocycles. The van der Waals surface area contributed by atoms with Crippen LogP contribution >= 0.6 is 11.6 Å². The predicted octanol–water partition coefficient (Wildman–Crippen LogP) is 3.53. The number of hydrogen-bond acceptors (Lipinski definition) is 10. The first-order valence-corrected chi connectivity index (χ1v) is 14.2. The number of carbonyl (C=O) groups excluding carboxylic acids is 3. The van der Waals surface area contributed by atoms with Crippen LogP contribution in [0.5, 0.6) is 5.75 Å². The summed E-state index contributed by atoms with van der Waals surface area (Å²) >= 11 is 6.63. The Balaban J connectivity index is 1.41. The van der Waals surface area contributed by atoms with Gasteiger partial charge in [-0.2, -0.15) is 10.4 Å². The van der Waals surface area contributed by atoms with Crippen LogP contribution in [0.1, 0.15) is 45.2 Å². The van der Waals surface area contributed by atoms with E-state index in [4.69, 9.17) is 21.6 Å². The number of pyridine rings is 1. The minimum Gasteiger partial charge on any atom is -0.494 e. The van der Waals surface area contributed by atoms with Crippen LogP contribution in [0.15, 0.2) is 42.6 Å². The topological polar surface area (TPSA) is 180 Å². The molecule has 4 aromatic rings. The quantitative estimate of drug-likeness (QED) is 0.235. The van der Waals surface area contributed by atoms with Crippen LogP contribution in [-0.4, -0.2) is 68.8 Å². The first-order valence-electron chi connectivity index (χ1n) is 13.8. The fourth-order valence-corrected chi connectivity index (χ4v) is 4.84. The summed E-state index contributed by atoms with van der Waals surface area (Å²) in [5.41, 5.74) is 2.95. The van der Waals surface area contributed by atoms with Gasteiger partial charge in [-0.05, 0) is 37.1 Å². The van der Waals surface area contributed by atoms with Gasteiger partial charge in [-0.15, -0.1) is 10.2 Å². The lowest BCUT2D eigenvalue weighted by atomic mass is 10.0. The molecule has 15 heteroatoms. The van der Waals surface area contributed by atoms with Crippen molar-refractivity contribution in [3.05, 3.63) is 70.4 Å². The van der Waals surface area contributed by atoms with Crippen molar-refractivity contribution in [3.63, 3.8) is 0 Å². The van der Waals surface area contributed by atoms with E-state index in [2.05, 4.69) is 36.2 Å². The zero-order valence-corrected chi connectivity index (χ0v) is 25.6. The van der Waals surface area contributed by atoms with E-state index in [0.29, 0.717) is 39.0 Å². The number of nitriles is 1. The summed E-state index contributed by atoms with van der Waals surface area (Å²) in [7, 11) is 6.23. The molecule has 0 saturated heterocycles. The maximum absolute atomic E-state index is 13.1. The average molecular weight is 629 g/mol. The maximum atomic E-state index is 13.1. The van der Waals surface area contributed by atoms with Gasteiger partial charge in [-0.3, -0.25) is 24.0 Å². The Labute approximate surface area is 263 Å². The standard InChI is InChI=1S/C30H29ClN10O4/c1-33-29(43)26-23(12-24(37-38-26)36-28(42)16-5-6-16)35-21-10-8-20(31)25(27(21)45-4)17-7-9-22(34-14-17)30(44)40(2)15-18-11-19(13-32)41(3)39-18/h7-12,14,16H,5-6,15H2,1-4H3,(H,33,43)(H2,35,36,37,42). The summed E-state index contributed by atoms with van der Waals surface area (Å²) in [6, 6.07) is 11.8. The largest absolute Gasteiger partial charge is 0.494 e. The number of methoxy groups -OCH3 is 1. The number of ether oxygens (including phenoxy) is 1. The average Bonchev–Trinajstić information content (AvgIpc) is 3.84. The van der Waals surface area contributed by atoms with E-state index in [1.807, 2.05) is 6.07 Å². The van der Waals surface area contributed by atoms with Crippen LogP contribution in [0.25, 0.3) is 11.1 Å². The van der Waals surface area contributed by atoms with E-state index in [-0.39, 0.29) is 47.2 Å². The molecule has 3 aromatic heterocycles. The number of aryl methyl sites for hydroxylation is 1. The fourth-order valence-electron chi connectivity index (χ4n) is 4.58. The second-order valence-electron chi connectivity index (χ2n) is 10.3. The summed E-state index contributed by atoms with van der Waals surface area (Å²) < 4.78 is 7.22. The number of carbonyl (C=O) groups is 3. The molecule has 45 heavy (non-hydrogen) atoms. The third kappa shape index (κ3) is 6.68. The molecule has 0 unspecified atom stereocenters. The maximum Gasteiger partial charge on any atom is 0.273 e. The lowest BCUT2D eigenvalue weighted by molar-refractivity contribution is -0.117. The van der Waals surface area contributed by atoms with E-state index in [9.17, 15) is 14.4 Å². The molecule has 0 bridgehead atoms. The number of nitrogens with zero attached hydrogens (tertiary/aromatic N) is 7. The molecule has 0 atom stereocenters. The highest BCUT2D eigenvalue weighted by Crippen LogP contribution is 2.43. The first kappa shape index (κ1) is 30.9. The van der Waals surface area contributed by atoms with Crippen LogP contribution in [-0.2, 0) is 18.4 Å². The van der Waals surface area contributed by atoms with E-state index < -0.39 is 5.91 Å².